The third-order valence-electron chi connectivity index (χ3n) is 3.64. The average Bonchev–Trinajstić information content (AvgIpc) is 2.40. The minimum Gasteiger partial charge on any atom is -0.389 e. The molecule has 0 aromatic heterocycles. The molecule has 0 aliphatic carbocycles. The van der Waals surface area contributed by atoms with E-state index in [2.05, 4.69) is 0 Å². The summed E-state index contributed by atoms with van der Waals surface area (Å²) in [6, 6.07) is 5.40. The Kier molecular flexibility index (Phi) is 4.05. The van der Waals surface area contributed by atoms with Crippen LogP contribution in [0.3, 0.4) is 0 Å². The second kappa shape index (κ2) is 5.48. The third-order valence-corrected chi connectivity index (χ3v) is 3.64. The van der Waals surface area contributed by atoms with Crippen LogP contribution in [-0.2, 0) is 11.2 Å². The molecule has 2 amide bonds. The van der Waals surface area contributed by atoms with Gasteiger partial charge in [-0.25, -0.2) is 0 Å². The lowest BCUT2D eigenvalue weighted by molar-refractivity contribution is -0.118. The zero-order valence-electron chi connectivity index (χ0n) is 13.0. The van der Waals surface area contributed by atoms with Crippen LogP contribution in [0.4, 0.5) is 5.69 Å². The van der Waals surface area contributed by atoms with Gasteiger partial charge in [0.15, 0.2) is 0 Å². The van der Waals surface area contributed by atoms with Gasteiger partial charge in [-0.3, -0.25) is 9.59 Å². The van der Waals surface area contributed by atoms with Gasteiger partial charge >= 0.3 is 0 Å². The standard InChI is InChI=1S/C16H22N2O3/c1-16(2,21)10-17(3)15(20)12-5-7-13-11(9-12)6-8-14(19)18(13)4/h5,7,9,21H,6,8,10H2,1-4H3. The topological polar surface area (TPSA) is 60.9 Å². The number of carbonyl (C=O) groups excluding carboxylic acids is 2. The van der Waals surface area contributed by atoms with Gasteiger partial charge in [0.05, 0.1) is 5.60 Å². The van der Waals surface area contributed by atoms with E-state index >= 15 is 0 Å². The maximum Gasteiger partial charge on any atom is 0.253 e. The predicted octanol–water partition coefficient (Wildman–Crippen LogP) is 1.44. The van der Waals surface area contributed by atoms with Crippen LogP contribution in [-0.4, -0.2) is 48.1 Å². The third kappa shape index (κ3) is 3.42. The number of carbonyl (C=O) groups is 2. The first-order valence-electron chi connectivity index (χ1n) is 7.06. The molecule has 0 atom stereocenters. The summed E-state index contributed by atoms with van der Waals surface area (Å²) in [5.74, 6) is -0.0276. The van der Waals surface area contributed by atoms with Gasteiger partial charge in [-0.2, -0.15) is 0 Å². The van der Waals surface area contributed by atoms with E-state index in [1.165, 1.54) is 4.90 Å². The van der Waals surface area contributed by atoms with Crippen molar-refractivity contribution in [1.82, 2.24) is 4.90 Å². The van der Waals surface area contributed by atoms with E-state index < -0.39 is 5.60 Å². The van der Waals surface area contributed by atoms with Crippen LogP contribution < -0.4 is 4.90 Å². The zero-order valence-corrected chi connectivity index (χ0v) is 13.0. The van der Waals surface area contributed by atoms with Gasteiger partial charge in [0, 0.05) is 38.3 Å². The molecule has 0 bridgehead atoms. The summed E-state index contributed by atoms with van der Waals surface area (Å²) >= 11 is 0. The number of benzene rings is 1. The van der Waals surface area contributed by atoms with E-state index in [0.717, 1.165) is 11.3 Å². The fraction of sp³-hybridized carbons (Fsp3) is 0.500. The van der Waals surface area contributed by atoms with E-state index in [1.54, 1.807) is 38.9 Å². The number of fused-ring (bicyclic) bond motifs is 1. The van der Waals surface area contributed by atoms with E-state index in [-0.39, 0.29) is 18.4 Å². The first-order valence-corrected chi connectivity index (χ1v) is 7.06. The molecule has 1 N–H and O–H groups in total. The molecule has 0 fully saturated rings. The molecule has 1 heterocycles. The summed E-state index contributed by atoms with van der Waals surface area (Å²) < 4.78 is 0. The first-order chi connectivity index (χ1) is 9.69. The van der Waals surface area contributed by atoms with Crippen LogP contribution in [0.2, 0.25) is 0 Å². The van der Waals surface area contributed by atoms with Crippen LogP contribution in [0.5, 0.6) is 0 Å². The summed E-state index contributed by atoms with van der Waals surface area (Å²) in [5, 5.41) is 9.80. The smallest absolute Gasteiger partial charge is 0.253 e. The van der Waals surface area contributed by atoms with Crippen molar-refractivity contribution in [1.29, 1.82) is 0 Å². The van der Waals surface area contributed by atoms with Crippen LogP contribution >= 0.6 is 0 Å². The molecule has 0 radical (unpaired) electrons. The van der Waals surface area contributed by atoms with Gasteiger partial charge < -0.3 is 14.9 Å². The Bertz CT molecular complexity index is 575. The molecule has 1 aliphatic rings. The van der Waals surface area contributed by atoms with Crippen LogP contribution in [0.1, 0.15) is 36.2 Å². The van der Waals surface area contributed by atoms with Crippen molar-refractivity contribution in [2.45, 2.75) is 32.3 Å². The lowest BCUT2D eigenvalue weighted by atomic mass is 9.98. The average molecular weight is 290 g/mol. The number of aliphatic hydroxyl groups is 1. The Morgan fingerprint density at radius 3 is 2.67 bits per heavy atom. The predicted molar refractivity (Wildman–Crippen MR) is 81.4 cm³/mol. The summed E-state index contributed by atoms with van der Waals surface area (Å²) in [7, 11) is 3.43. The highest BCUT2D eigenvalue weighted by Crippen LogP contribution is 2.28. The Balaban J connectivity index is 2.23. The van der Waals surface area contributed by atoms with Gasteiger partial charge in [-0.1, -0.05) is 0 Å². The summed E-state index contributed by atoms with van der Waals surface area (Å²) in [6.07, 6.45) is 1.13. The van der Waals surface area contributed by atoms with Crippen molar-refractivity contribution >= 4 is 17.5 Å². The van der Waals surface area contributed by atoms with E-state index in [9.17, 15) is 14.7 Å². The number of aryl methyl sites for hydroxylation is 1. The van der Waals surface area contributed by atoms with Gasteiger partial charge in [-0.05, 0) is 44.0 Å². The molecule has 5 nitrogen and oxygen atoms in total. The van der Waals surface area contributed by atoms with Crippen molar-refractivity contribution in [2.75, 3.05) is 25.5 Å². The van der Waals surface area contributed by atoms with E-state index in [4.69, 9.17) is 0 Å². The molecule has 114 valence electrons. The maximum absolute atomic E-state index is 12.4. The van der Waals surface area contributed by atoms with Crippen molar-refractivity contribution in [3.8, 4) is 0 Å². The van der Waals surface area contributed by atoms with E-state index in [1.807, 2.05) is 12.1 Å². The summed E-state index contributed by atoms with van der Waals surface area (Å²) in [5.41, 5.74) is 1.54. The van der Waals surface area contributed by atoms with Gasteiger partial charge in [0.2, 0.25) is 5.91 Å². The molecule has 1 aromatic rings. The zero-order chi connectivity index (χ0) is 15.8. The van der Waals surface area contributed by atoms with Crippen molar-refractivity contribution in [3.05, 3.63) is 29.3 Å². The van der Waals surface area contributed by atoms with Gasteiger partial charge in [0.1, 0.15) is 0 Å². The van der Waals surface area contributed by atoms with Crippen molar-refractivity contribution in [2.24, 2.45) is 0 Å². The van der Waals surface area contributed by atoms with Crippen LogP contribution in [0.15, 0.2) is 18.2 Å². The molecule has 21 heavy (non-hydrogen) atoms. The number of rotatable bonds is 3. The molecule has 0 saturated heterocycles. The van der Waals surface area contributed by atoms with Gasteiger partial charge in [-0.15, -0.1) is 0 Å². The van der Waals surface area contributed by atoms with Crippen molar-refractivity contribution in [3.63, 3.8) is 0 Å². The normalized spacial score (nSPS) is 14.9. The highest BCUT2D eigenvalue weighted by atomic mass is 16.3. The van der Waals surface area contributed by atoms with Gasteiger partial charge in [0.25, 0.3) is 5.91 Å². The molecule has 5 heteroatoms. The van der Waals surface area contributed by atoms with Crippen molar-refractivity contribution < 1.29 is 14.7 Å². The number of anilines is 1. The second-order valence-corrected chi connectivity index (χ2v) is 6.27. The molecule has 0 saturated carbocycles. The minimum atomic E-state index is -0.925. The Morgan fingerprint density at radius 1 is 1.38 bits per heavy atom. The lowest BCUT2D eigenvalue weighted by Gasteiger charge is -2.28. The summed E-state index contributed by atoms with van der Waals surface area (Å²) in [6.45, 7) is 3.61. The molecule has 1 aromatic carbocycles. The summed E-state index contributed by atoms with van der Waals surface area (Å²) in [4.78, 5) is 27.2. The Morgan fingerprint density at radius 2 is 2.05 bits per heavy atom. The fourth-order valence-corrected chi connectivity index (χ4v) is 2.66. The first kappa shape index (κ1) is 15.5. The molecular weight excluding hydrogens is 268 g/mol. The maximum atomic E-state index is 12.4. The number of likely N-dealkylation sites (N-methyl/N-ethyl adjacent to an activating group) is 1. The minimum absolute atomic E-state index is 0.0979. The highest BCUT2D eigenvalue weighted by Gasteiger charge is 2.24. The molecule has 2 rings (SSSR count). The SMILES string of the molecule is CN(CC(C)(C)O)C(=O)c1ccc2c(c1)CCC(=O)N2C. The number of hydrogen-bond acceptors (Lipinski definition) is 3. The Hall–Kier alpha value is -1.88. The molecule has 0 unspecified atom stereocenters. The largest absolute Gasteiger partial charge is 0.389 e. The molecule has 0 spiro atoms. The number of nitrogens with zero attached hydrogens (tertiary/aromatic N) is 2. The second-order valence-electron chi connectivity index (χ2n) is 6.27. The van der Waals surface area contributed by atoms with Crippen LogP contribution in [0.25, 0.3) is 0 Å². The molecular formula is C16H22N2O3. The quantitative estimate of drug-likeness (QED) is 0.916. The van der Waals surface area contributed by atoms with Crippen LogP contribution in [0, 0.1) is 0 Å². The number of amides is 2. The molecule has 1 aliphatic heterocycles. The highest BCUT2D eigenvalue weighted by molar-refractivity contribution is 5.98. The lowest BCUT2D eigenvalue weighted by Crippen LogP contribution is -2.39. The monoisotopic (exact) mass is 290 g/mol. The van der Waals surface area contributed by atoms with E-state index in [0.29, 0.717) is 18.4 Å². The Labute approximate surface area is 125 Å². The number of hydrogen-bond donors (Lipinski definition) is 1. The fourth-order valence-electron chi connectivity index (χ4n) is 2.66.